The van der Waals surface area contributed by atoms with Crippen molar-refractivity contribution in [2.45, 2.75) is 55.7 Å². The van der Waals surface area contributed by atoms with Crippen LogP contribution in [0.4, 0.5) is 16.2 Å². The topological polar surface area (TPSA) is 363 Å². The first-order valence-corrected chi connectivity index (χ1v) is 25.2. The average Bonchev–Trinajstić information content (AvgIpc) is 3.98. The van der Waals surface area contributed by atoms with Gasteiger partial charge in [0.1, 0.15) is 18.3 Å². The SMILES string of the molecule is O=C(C[C@H]1[C@@H](OC(=O)Nc2ccccc2)[C@H](n2ccc(=O)[nH]c2=O)O[C@@H]1COP(=O)(O)OP(=O)(O)OP(=O)(O)OC[C@H]1O[C@@H](n2ccc(=O)[nH]c2=O)[C@@H]2OC(c3ccccc3)O[C@@H]21)Nc1ccccc1. The number of anilines is 2. The molecule has 0 radical (unpaired) electrons. The molecule has 0 spiro atoms. The van der Waals surface area contributed by atoms with Crippen LogP contribution < -0.4 is 33.1 Å². The number of carbonyl (C=O) groups excluding carboxylic acids is 2. The summed E-state index contributed by atoms with van der Waals surface area (Å²) >= 11 is 0. The summed E-state index contributed by atoms with van der Waals surface area (Å²) in [6.07, 6.45) is -10.4. The van der Waals surface area contributed by atoms with E-state index in [9.17, 15) is 57.1 Å². The number of ether oxygens (including phenoxy) is 5. The van der Waals surface area contributed by atoms with Crippen molar-refractivity contribution in [2.75, 3.05) is 23.8 Å². The molecule has 30 heteroatoms. The van der Waals surface area contributed by atoms with E-state index in [4.69, 9.17) is 32.7 Å². The molecule has 3 saturated heterocycles. The summed E-state index contributed by atoms with van der Waals surface area (Å²) < 4.78 is 89.4. The van der Waals surface area contributed by atoms with Crippen LogP contribution in [0.15, 0.2) is 135 Å². The van der Waals surface area contributed by atoms with E-state index in [1.54, 1.807) is 78.9 Å². The van der Waals surface area contributed by atoms with Crippen LogP contribution >= 0.6 is 23.5 Å². The highest BCUT2D eigenvalue weighted by Gasteiger charge is 2.55. The first-order chi connectivity index (χ1) is 33.3. The molecule has 5 aromatic rings. The van der Waals surface area contributed by atoms with Gasteiger partial charge in [0.05, 0.1) is 19.3 Å². The van der Waals surface area contributed by atoms with E-state index in [-0.39, 0.29) is 5.69 Å². The molecule has 5 heterocycles. The van der Waals surface area contributed by atoms with Gasteiger partial charge in [0.15, 0.2) is 24.8 Å². The molecule has 7 N–H and O–H groups in total. The van der Waals surface area contributed by atoms with Gasteiger partial charge in [-0.1, -0.05) is 66.7 Å². The van der Waals surface area contributed by atoms with Gasteiger partial charge in [-0.25, -0.2) is 28.1 Å². The van der Waals surface area contributed by atoms with E-state index in [2.05, 4.69) is 24.2 Å². The van der Waals surface area contributed by atoms with Crippen molar-refractivity contribution >= 4 is 46.8 Å². The summed E-state index contributed by atoms with van der Waals surface area (Å²) in [6, 6.07) is 26.5. The smallest absolute Gasteiger partial charge is 0.441 e. The number of hydrogen-bond donors (Lipinski definition) is 7. The number of aromatic nitrogens is 4. The van der Waals surface area contributed by atoms with Crippen molar-refractivity contribution in [1.82, 2.24) is 19.1 Å². The second-order valence-electron chi connectivity index (χ2n) is 15.4. The van der Waals surface area contributed by atoms with E-state index >= 15 is 0 Å². The van der Waals surface area contributed by atoms with Gasteiger partial charge in [0.25, 0.3) is 11.1 Å². The molecule has 0 bridgehead atoms. The summed E-state index contributed by atoms with van der Waals surface area (Å²) in [5, 5.41) is 5.11. The van der Waals surface area contributed by atoms with Crippen molar-refractivity contribution < 1.29 is 79.3 Å². The Morgan fingerprint density at radius 3 is 1.64 bits per heavy atom. The molecule has 8 rings (SSSR count). The van der Waals surface area contributed by atoms with Gasteiger partial charge in [0, 0.05) is 53.8 Å². The molecule has 0 aliphatic carbocycles. The molecule has 0 saturated carbocycles. The molecule has 2 amide bonds. The van der Waals surface area contributed by atoms with Crippen molar-refractivity contribution in [3.63, 3.8) is 0 Å². The highest BCUT2D eigenvalue weighted by atomic mass is 31.3. The van der Waals surface area contributed by atoms with Crippen LogP contribution in [0.3, 0.4) is 0 Å². The van der Waals surface area contributed by atoms with Crippen LogP contribution in [-0.4, -0.2) is 89.5 Å². The number of rotatable bonds is 18. The number of carbonyl (C=O) groups is 2. The number of nitrogens with zero attached hydrogens (tertiary/aromatic N) is 2. The third-order valence-electron chi connectivity index (χ3n) is 10.6. The Kier molecular flexibility index (Phi) is 15.2. The van der Waals surface area contributed by atoms with Gasteiger partial charge in [-0.2, -0.15) is 8.62 Å². The maximum atomic E-state index is 13.5. The summed E-state index contributed by atoms with van der Waals surface area (Å²) in [5.74, 6) is -2.08. The molecular weight excluding hydrogens is 993 g/mol. The Morgan fingerprint density at radius 2 is 1.09 bits per heavy atom. The van der Waals surface area contributed by atoms with E-state index in [1.807, 2.05) is 4.98 Å². The minimum Gasteiger partial charge on any atom is -0.441 e. The van der Waals surface area contributed by atoms with Crippen LogP contribution in [0.25, 0.3) is 0 Å². The van der Waals surface area contributed by atoms with Gasteiger partial charge in [-0.15, -0.1) is 0 Å². The van der Waals surface area contributed by atoms with E-state index < -0.39 is 133 Å². The fourth-order valence-electron chi connectivity index (χ4n) is 7.67. The maximum absolute atomic E-state index is 13.5. The number of H-pyrrole nitrogens is 2. The van der Waals surface area contributed by atoms with E-state index in [0.717, 1.165) is 33.7 Å². The standard InChI is InChI=1S/C40H41N6O21P3/c47-29-16-18-45(38(50)43-29)35-32(65-40(52)42-25-14-8-3-9-15-25)26(20-31(49)41-24-12-6-2-7-13-24)27(61-35)21-59-68(53,54)66-70(57,58)67-69(55,56)60-22-28-33-34(64-37(63-33)23-10-4-1-5-11-23)36(62-28)46-19-17-30(48)44-39(46)51/h1-19,26-28,32-37H,20-22H2,(H,41,49)(H,42,52)(H,53,54)(H,55,56)(H,57,58)(H,43,47,50)(H,44,48,51)/t26-,27-,28-,32-,33-,34-,35-,36-,37?/m1/s1. The lowest BCUT2D eigenvalue weighted by Gasteiger charge is -2.25. The first-order valence-electron chi connectivity index (χ1n) is 20.7. The van der Waals surface area contributed by atoms with Gasteiger partial charge in [-0.05, 0) is 24.3 Å². The summed E-state index contributed by atoms with van der Waals surface area (Å²) in [7, 11) is -17.8. The predicted molar refractivity (Wildman–Crippen MR) is 236 cm³/mol. The Bertz CT molecular complexity index is 3070. The molecule has 3 fully saturated rings. The third kappa shape index (κ3) is 12.5. The summed E-state index contributed by atoms with van der Waals surface area (Å²) in [4.78, 5) is 112. The maximum Gasteiger partial charge on any atom is 0.490 e. The van der Waals surface area contributed by atoms with Crippen LogP contribution in [0.5, 0.6) is 0 Å². The number of phosphoric acid groups is 3. The van der Waals surface area contributed by atoms with Crippen molar-refractivity contribution in [2.24, 2.45) is 5.92 Å². The van der Waals surface area contributed by atoms with Crippen LogP contribution in [0.2, 0.25) is 0 Å². The third-order valence-corrected chi connectivity index (χ3v) is 14.9. The predicted octanol–water partition coefficient (Wildman–Crippen LogP) is 2.99. The minimum absolute atomic E-state index is 0.276. The second-order valence-corrected chi connectivity index (χ2v) is 20.0. The van der Waals surface area contributed by atoms with Crippen LogP contribution in [0.1, 0.15) is 30.7 Å². The van der Waals surface area contributed by atoms with Crippen molar-refractivity contribution in [3.8, 4) is 0 Å². The summed E-state index contributed by atoms with van der Waals surface area (Å²) in [6.45, 7) is -2.07. The lowest BCUT2D eigenvalue weighted by atomic mass is 9.93. The number of amides is 2. The number of phosphoric ester groups is 2. The number of hydrogen-bond acceptors (Lipinski definition) is 18. The Hall–Kier alpha value is -5.99. The van der Waals surface area contributed by atoms with Gasteiger partial charge in [0.2, 0.25) is 5.91 Å². The fourth-order valence-corrected chi connectivity index (χ4v) is 11.2. The molecular formula is C40H41N6O21P3. The number of aromatic amines is 2. The number of para-hydroxylation sites is 2. The Balaban J connectivity index is 0.960. The average molecular weight is 1030 g/mol. The normalized spacial score (nSPS) is 26.5. The van der Waals surface area contributed by atoms with Crippen LogP contribution in [-0.2, 0) is 59.8 Å². The molecule has 4 unspecified atom stereocenters. The van der Waals surface area contributed by atoms with E-state index in [0.29, 0.717) is 11.3 Å². The molecule has 3 aliphatic heterocycles. The first kappa shape index (κ1) is 50.4. The number of fused-ring (bicyclic) bond motifs is 1. The van der Waals surface area contributed by atoms with E-state index in [1.165, 1.54) is 12.1 Å². The largest absolute Gasteiger partial charge is 0.490 e. The zero-order valence-electron chi connectivity index (χ0n) is 35.7. The highest BCUT2D eigenvalue weighted by molar-refractivity contribution is 7.66. The Labute approximate surface area is 392 Å². The minimum atomic E-state index is -6.13. The van der Waals surface area contributed by atoms with Gasteiger partial charge in [-0.3, -0.25) is 47.9 Å². The quantitative estimate of drug-likeness (QED) is 0.0620. The van der Waals surface area contributed by atoms with Gasteiger partial charge >= 0.3 is 40.9 Å². The zero-order valence-corrected chi connectivity index (χ0v) is 38.4. The van der Waals surface area contributed by atoms with Crippen molar-refractivity contribution in [3.05, 3.63) is 163 Å². The highest BCUT2D eigenvalue weighted by Crippen LogP contribution is 2.68. The lowest BCUT2D eigenvalue weighted by molar-refractivity contribution is -0.154. The molecule has 372 valence electrons. The summed E-state index contributed by atoms with van der Waals surface area (Å²) in [5.41, 5.74) is -2.33. The molecule has 70 heavy (non-hydrogen) atoms. The van der Waals surface area contributed by atoms with Gasteiger partial charge < -0.3 is 43.7 Å². The zero-order chi connectivity index (χ0) is 49.8. The number of nitrogens with one attached hydrogen (secondary N) is 4. The Morgan fingerprint density at radius 1 is 0.600 bits per heavy atom. The van der Waals surface area contributed by atoms with Crippen LogP contribution in [0, 0.1) is 5.92 Å². The van der Waals surface area contributed by atoms with Crippen molar-refractivity contribution in [1.29, 1.82) is 0 Å². The fraction of sp³-hybridized carbons (Fsp3) is 0.300. The monoisotopic (exact) mass is 1030 g/mol. The molecule has 3 aliphatic rings. The second kappa shape index (κ2) is 21.2. The molecule has 27 nitrogen and oxygen atoms in total. The number of benzene rings is 3. The lowest BCUT2D eigenvalue weighted by Crippen LogP contribution is -2.40. The molecule has 3 aromatic carbocycles. The molecule has 12 atom stereocenters. The molecule has 2 aromatic heterocycles.